The van der Waals surface area contributed by atoms with Gasteiger partial charge in [-0.1, -0.05) is 31.8 Å². The minimum absolute atomic E-state index is 0.0207. The van der Waals surface area contributed by atoms with Gasteiger partial charge in [-0.25, -0.2) is 0 Å². The maximum atomic E-state index is 12.6. The van der Waals surface area contributed by atoms with Gasteiger partial charge in [-0.05, 0) is 19.8 Å². The number of amides is 1. The van der Waals surface area contributed by atoms with Gasteiger partial charge in [0.1, 0.15) is 5.41 Å². The molecule has 0 bridgehead atoms. The molecule has 1 aromatic heterocycles. The van der Waals surface area contributed by atoms with Crippen LogP contribution in [0.4, 0.5) is 0 Å². The zero-order valence-electron chi connectivity index (χ0n) is 12.9. The van der Waals surface area contributed by atoms with E-state index in [1.807, 2.05) is 20.8 Å². The van der Waals surface area contributed by atoms with Gasteiger partial charge in [0.2, 0.25) is 5.91 Å². The van der Waals surface area contributed by atoms with Crippen LogP contribution in [-0.4, -0.2) is 27.1 Å². The fraction of sp³-hybridized carbons (Fsp3) is 0.643. The van der Waals surface area contributed by atoms with Crippen molar-refractivity contribution in [3.05, 3.63) is 17.5 Å². The van der Waals surface area contributed by atoms with Crippen molar-refractivity contribution in [2.45, 2.75) is 53.0 Å². The minimum atomic E-state index is -0.949. The molecule has 118 valence electrons. The number of H-pyrrole nitrogens is 1. The molecule has 1 aromatic rings. The number of nitrogens with one attached hydrogen (secondary N) is 2. The summed E-state index contributed by atoms with van der Waals surface area (Å²) in [6.07, 6.45) is 4.32. The van der Waals surface area contributed by atoms with E-state index in [9.17, 15) is 4.79 Å². The predicted octanol–water partition coefficient (Wildman–Crippen LogP) is 1.67. The zero-order valence-corrected chi connectivity index (χ0v) is 12.9. The summed E-state index contributed by atoms with van der Waals surface area (Å²) in [6, 6.07) is 0. The Hall–Kier alpha value is -2.05. The molecule has 0 spiro atoms. The van der Waals surface area contributed by atoms with Crippen LogP contribution in [0.5, 0.6) is 0 Å². The number of nitrogens with zero attached hydrogens (tertiary/aromatic N) is 2. The van der Waals surface area contributed by atoms with E-state index < -0.39 is 5.41 Å². The van der Waals surface area contributed by atoms with Crippen LogP contribution in [0.1, 0.15) is 50.8 Å². The Morgan fingerprint density at radius 2 is 2.10 bits per heavy atom. The van der Waals surface area contributed by atoms with Gasteiger partial charge < -0.3 is 16.3 Å². The van der Waals surface area contributed by atoms with Gasteiger partial charge in [-0.2, -0.15) is 5.10 Å². The molecule has 0 radical (unpaired) electrons. The number of aromatic amines is 1. The molecule has 0 aliphatic carbocycles. The second kappa shape index (κ2) is 7.66. The lowest BCUT2D eigenvalue weighted by molar-refractivity contribution is -0.128. The molecule has 1 rings (SSSR count). The predicted molar refractivity (Wildman–Crippen MR) is 80.8 cm³/mol. The van der Waals surface area contributed by atoms with E-state index in [0.29, 0.717) is 19.4 Å². The Labute approximate surface area is 125 Å². The fourth-order valence-electron chi connectivity index (χ4n) is 2.57. The zero-order chi connectivity index (χ0) is 15.9. The Bertz CT molecular complexity index is 489. The molecule has 0 aliphatic rings. The summed E-state index contributed by atoms with van der Waals surface area (Å²) in [4.78, 5) is 12.6. The third kappa shape index (κ3) is 3.74. The number of hydrogen-bond donors (Lipinski definition) is 4. The molecule has 0 aliphatic heterocycles. The van der Waals surface area contributed by atoms with Gasteiger partial charge in [-0.3, -0.25) is 9.89 Å². The topological polar surface area (TPSA) is 116 Å². The Morgan fingerprint density at radius 1 is 1.48 bits per heavy atom. The molecule has 0 unspecified atom stereocenters. The van der Waals surface area contributed by atoms with Crippen molar-refractivity contribution in [1.29, 1.82) is 0 Å². The Kier molecular flexibility index (Phi) is 6.20. The molecule has 0 saturated heterocycles. The number of oxime groups is 1. The fourth-order valence-corrected chi connectivity index (χ4v) is 2.57. The van der Waals surface area contributed by atoms with Crippen LogP contribution >= 0.6 is 0 Å². The second-order valence-corrected chi connectivity index (χ2v) is 5.27. The number of hydrogen-bond acceptors (Lipinski definition) is 4. The molecule has 0 fully saturated rings. The first-order valence-corrected chi connectivity index (χ1v) is 7.27. The average Bonchev–Trinajstić information content (AvgIpc) is 2.88. The summed E-state index contributed by atoms with van der Waals surface area (Å²) < 4.78 is 0. The van der Waals surface area contributed by atoms with Crippen molar-refractivity contribution in [3.8, 4) is 0 Å². The van der Waals surface area contributed by atoms with Crippen molar-refractivity contribution in [3.63, 3.8) is 0 Å². The number of carbonyl (C=O) groups excluding carboxylic acids is 1. The molecule has 1 amide bonds. The van der Waals surface area contributed by atoms with E-state index in [1.54, 1.807) is 6.20 Å². The van der Waals surface area contributed by atoms with Crippen LogP contribution in [-0.2, 0) is 11.3 Å². The van der Waals surface area contributed by atoms with Crippen LogP contribution in [0.25, 0.3) is 0 Å². The maximum Gasteiger partial charge on any atom is 0.234 e. The van der Waals surface area contributed by atoms with Crippen LogP contribution in [0.3, 0.4) is 0 Å². The number of nitrogens with two attached hydrogens (primary N) is 1. The third-order valence-corrected chi connectivity index (χ3v) is 3.76. The van der Waals surface area contributed by atoms with Gasteiger partial charge in [-0.15, -0.1) is 0 Å². The highest BCUT2D eigenvalue weighted by atomic mass is 16.4. The molecular weight excluding hydrogens is 270 g/mol. The van der Waals surface area contributed by atoms with E-state index in [4.69, 9.17) is 10.9 Å². The van der Waals surface area contributed by atoms with Crippen molar-refractivity contribution in [2.24, 2.45) is 16.3 Å². The lowest BCUT2D eigenvalue weighted by Gasteiger charge is -2.30. The normalized spacial score (nSPS) is 12.4. The molecule has 0 atom stereocenters. The van der Waals surface area contributed by atoms with Crippen LogP contribution in [0.2, 0.25) is 0 Å². The van der Waals surface area contributed by atoms with Crippen LogP contribution in [0, 0.1) is 12.3 Å². The summed E-state index contributed by atoms with van der Waals surface area (Å²) in [7, 11) is 0. The summed E-state index contributed by atoms with van der Waals surface area (Å²) in [5.74, 6) is -0.227. The second-order valence-electron chi connectivity index (χ2n) is 5.27. The van der Waals surface area contributed by atoms with E-state index in [2.05, 4.69) is 20.7 Å². The molecule has 0 saturated carbocycles. The Balaban J connectivity index is 2.91. The molecule has 7 heteroatoms. The molecule has 5 N–H and O–H groups in total. The first-order chi connectivity index (χ1) is 10.0. The molecule has 0 aromatic carbocycles. The van der Waals surface area contributed by atoms with E-state index in [0.717, 1.165) is 24.1 Å². The van der Waals surface area contributed by atoms with Crippen LogP contribution in [0.15, 0.2) is 11.4 Å². The van der Waals surface area contributed by atoms with Crippen molar-refractivity contribution in [1.82, 2.24) is 15.5 Å². The SMILES string of the molecule is CCCC(CCC)(C(=O)NCc1cn[nH]c1C)C(N)=NO. The van der Waals surface area contributed by atoms with Gasteiger partial charge in [0.05, 0.1) is 6.20 Å². The van der Waals surface area contributed by atoms with Gasteiger partial charge in [0.15, 0.2) is 5.84 Å². The molecule has 7 nitrogen and oxygen atoms in total. The number of aryl methyl sites for hydroxylation is 1. The number of amidine groups is 1. The largest absolute Gasteiger partial charge is 0.409 e. The number of carbonyl (C=O) groups is 1. The monoisotopic (exact) mass is 295 g/mol. The lowest BCUT2D eigenvalue weighted by Crippen LogP contribution is -2.49. The van der Waals surface area contributed by atoms with Crippen molar-refractivity contribution in [2.75, 3.05) is 0 Å². The first-order valence-electron chi connectivity index (χ1n) is 7.27. The van der Waals surface area contributed by atoms with Gasteiger partial charge in [0, 0.05) is 17.8 Å². The van der Waals surface area contributed by atoms with Crippen molar-refractivity contribution >= 4 is 11.7 Å². The summed E-state index contributed by atoms with van der Waals surface area (Å²) in [6.45, 7) is 6.21. The highest BCUT2D eigenvalue weighted by Gasteiger charge is 2.41. The van der Waals surface area contributed by atoms with E-state index in [-0.39, 0.29) is 11.7 Å². The summed E-state index contributed by atoms with van der Waals surface area (Å²) in [5, 5.41) is 21.8. The van der Waals surface area contributed by atoms with E-state index >= 15 is 0 Å². The third-order valence-electron chi connectivity index (χ3n) is 3.76. The molecule has 21 heavy (non-hydrogen) atoms. The Morgan fingerprint density at radius 3 is 2.52 bits per heavy atom. The standard InChI is InChI=1S/C14H25N5O2/c1-4-6-14(7-5-2,12(15)19-21)13(20)16-8-11-9-17-18-10(11)3/h9,21H,4-8H2,1-3H3,(H2,15,19)(H,16,20)(H,17,18). The minimum Gasteiger partial charge on any atom is -0.409 e. The average molecular weight is 295 g/mol. The number of rotatable bonds is 8. The first kappa shape index (κ1) is 17.0. The van der Waals surface area contributed by atoms with Gasteiger partial charge >= 0.3 is 0 Å². The smallest absolute Gasteiger partial charge is 0.234 e. The summed E-state index contributed by atoms with van der Waals surface area (Å²) >= 11 is 0. The lowest BCUT2D eigenvalue weighted by atomic mass is 9.77. The van der Waals surface area contributed by atoms with Crippen molar-refractivity contribution < 1.29 is 10.0 Å². The number of aromatic nitrogens is 2. The molecular formula is C14H25N5O2. The van der Waals surface area contributed by atoms with Gasteiger partial charge in [0.25, 0.3) is 0 Å². The molecule has 1 heterocycles. The quantitative estimate of drug-likeness (QED) is 0.252. The van der Waals surface area contributed by atoms with E-state index in [1.165, 1.54) is 0 Å². The highest BCUT2D eigenvalue weighted by molar-refractivity contribution is 6.06. The highest BCUT2D eigenvalue weighted by Crippen LogP contribution is 2.31. The maximum absolute atomic E-state index is 12.6. The summed E-state index contributed by atoms with van der Waals surface area (Å²) in [5.41, 5.74) is 6.71. The van der Waals surface area contributed by atoms with Crippen LogP contribution < -0.4 is 11.1 Å².